The highest BCUT2D eigenvalue weighted by Gasteiger charge is 2.43. The van der Waals surface area contributed by atoms with Crippen LogP contribution in [0.3, 0.4) is 0 Å². The number of aliphatic hydroxyl groups excluding tert-OH is 4. The zero-order valence-electron chi connectivity index (χ0n) is 13.8. The average molecular weight is 358 g/mol. The molecule has 6 heteroatoms. The van der Waals surface area contributed by atoms with E-state index in [9.17, 15) is 15.3 Å². The number of rotatable bonds is 9. The second kappa shape index (κ2) is 9.70. The molecule has 0 unspecified atom stereocenters. The van der Waals surface area contributed by atoms with E-state index in [1.165, 1.54) is 5.56 Å². The van der Waals surface area contributed by atoms with Gasteiger partial charge in [0.2, 0.25) is 0 Å². The van der Waals surface area contributed by atoms with Crippen molar-refractivity contribution in [1.29, 1.82) is 0 Å². The third-order valence-corrected chi connectivity index (χ3v) is 5.03. The van der Waals surface area contributed by atoms with E-state index in [4.69, 9.17) is 16.7 Å². The average Bonchev–Trinajstić information content (AvgIpc) is 2.87. The van der Waals surface area contributed by atoms with Gasteiger partial charge >= 0.3 is 0 Å². The molecule has 0 radical (unpaired) electrons. The van der Waals surface area contributed by atoms with E-state index in [0.717, 1.165) is 37.1 Å². The van der Waals surface area contributed by atoms with Crippen molar-refractivity contribution in [3.05, 3.63) is 34.9 Å². The van der Waals surface area contributed by atoms with Crippen LogP contribution in [0, 0.1) is 0 Å². The quantitative estimate of drug-likeness (QED) is 0.429. The van der Waals surface area contributed by atoms with Crippen molar-refractivity contribution in [1.82, 2.24) is 5.32 Å². The first-order valence-corrected chi connectivity index (χ1v) is 9.06. The van der Waals surface area contributed by atoms with E-state index in [1.807, 2.05) is 24.3 Å². The maximum Gasteiger partial charge on any atom is 0.0993 e. The van der Waals surface area contributed by atoms with Gasteiger partial charge in [-0.1, -0.05) is 43.0 Å². The Labute approximate surface area is 148 Å². The minimum absolute atomic E-state index is 0.258. The maximum absolute atomic E-state index is 10.2. The fraction of sp³-hybridized carbons (Fsp3) is 0.667. The standard InChI is InChI=1S/C18H28ClNO4/c19-13-9-7-12(8-10-13)5-3-1-2-4-6-15(22)16-18(24)17(23)14(11-21)20-16/h7-10,14-18,20-24H,1-6,11H2/t14-,15+,16-,17-,18-/m1/s1. The Morgan fingerprint density at radius 3 is 2.29 bits per heavy atom. The predicted octanol–water partition coefficient (Wildman–Crippen LogP) is 1.25. The van der Waals surface area contributed by atoms with Crippen molar-refractivity contribution in [2.45, 2.75) is 68.9 Å². The van der Waals surface area contributed by atoms with Crippen molar-refractivity contribution >= 4 is 11.6 Å². The van der Waals surface area contributed by atoms with Gasteiger partial charge in [0, 0.05) is 5.02 Å². The van der Waals surface area contributed by atoms with Crippen LogP contribution in [0.15, 0.2) is 24.3 Å². The first-order valence-electron chi connectivity index (χ1n) is 8.68. The third kappa shape index (κ3) is 5.41. The molecule has 1 fully saturated rings. The molecular weight excluding hydrogens is 330 g/mol. The smallest absolute Gasteiger partial charge is 0.0993 e. The number of aryl methyl sites for hydroxylation is 1. The highest BCUT2D eigenvalue weighted by Crippen LogP contribution is 2.20. The summed E-state index contributed by atoms with van der Waals surface area (Å²) in [4.78, 5) is 0. The van der Waals surface area contributed by atoms with Crippen LogP contribution in [0.25, 0.3) is 0 Å². The molecule has 0 amide bonds. The van der Waals surface area contributed by atoms with Crippen molar-refractivity contribution in [3.8, 4) is 0 Å². The molecule has 0 saturated carbocycles. The fourth-order valence-corrected chi connectivity index (χ4v) is 3.39. The van der Waals surface area contributed by atoms with Gasteiger partial charge in [-0.2, -0.15) is 0 Å². The molecule has 2 rings (SSSR count). The van der Waals surface area contributed by atoms with Gasteiger partial charge in [-0.15, -0.1) is 0 Å². The first-order chi connectivity index (χ1) is 11.5. The molecule has 1 heterocycles. The van der Waals surface area contributed by atoms with Crippen molar-refractivity contribution in [2.24, 2.45) is 0 Å². The Kier molecular flexibility index (Phi) is 7.94. The summed E-state index contributed by atoms with van der Waals surface area (Å²) in [5.74, 6) is 0. The highest BCUT2D eigenvalue weighted by atomic mass is 35.5. The monoisotopic (exact) mass is 357 g/mol. The van der Waals surface area contributed by atoms with Gasteiger partial charge in [0.05, 0.1) is 37.0 Å². The van der Waals surface area contributed by atoms with Gasteiger partial charge in [0.15, 0.2) is 0 Å². The number of aliphatic hydroxyl groups is 4. The van der Waals surface area contributed by atoms with Gasteiger partial charge in [0.1, 0.15) is 0 Å². The summed E-state index contributed by atoms with van der Waals surface area (Å²) in [7, 11) is 0. The van der Waals surface area contributed by atoms with Crippen LogP contribution in [-0.4, -0.2) is 57.4 Å². The Hall–Kier alpha value is -0.690. The lowest BCUT2D eigenvalue weighted by Crippen LogP contribution is -2.44. The van der Waals surface area contributed by atoms with Crippen LogP contribution < -0.4 is 5.32 Å². The number of hydrogen-bond donors (Lipinski definition) is 5. The Morgan fingerprint density at radius 1 is 1.00 bits per heavy atom. The second-order valence-electron chi connectivity index (χ2n) is 6.61. The molecule has 1 aliphatic heterocycles. The van der Waals surface area contributed by atoms with Crippen LogP contribution in [0.1, 0.15) is 37.7 Å². The molecule has 1 aromatic rings. The lowest BCUT2D eigenvalue weighted by Gasteiger charge is -2.22. The summed E-state index contributed by atoms with van der Waals surface area (Å²) in [6.07, 6.45) is 2.85. The molecule has 0 aliphatic carbocycles. The van der Waals surface area contributed by atoms with Gasteiger partial charge in [0.25, 0.3) is 0 Å². The first kappa shape index (κ1) is 19.6. The van der Waals surface area contributed by atoms with E-state index in [1.54, 1.807) is 0 Å². The molecule has 1 aromatic carbocycles. The lowest BCUT2D eigenvalue weighted by molar-refractivity contribution is -0.00443. The van der Waals surface area contributed by atoms with Crippen molar-refractivity contribution in [3.63, 3.8) is 0 Å². The van der Waals surface area contributed by atoms with Gasteiger partial charge in [-0.05, 0) is 37.0 Å². The minimum Gasteiger partial charge on any atom is -0.395 e. The van der Waals surface area contributed by atoms with E-state index in [-0.39, 0.29) is 6.61 Å². The van der Waals surface area contributed by atoms with Gasteiger partial charge < -0.3 is 25.7 Å². The Morgan fingerprint density at radius 2 is 1.67 bits per heavy atom. The largest absolute Gasteiger partial charge is 0.395 e. The molecule has 0 aromatic heterocycles. The summed E-state index contributed by atoms with van der Waals surface area (Å²) < 4.78 is 0. The molecule has 0 bridgehead atoms. The highest BCUT2D eigenvalue weighted by molar-refractivity contribution is 6.30. The molecular formula is C18H28ClNO4. The zero-order valence-corrected chi connectivity index (χ0v) is 14.6. The Balaban J connectivity index is 1.59. The summed E-state index contributed by atoms with van der Waals surface area (Å²) in [6, 6.07) is 6.75. The summed E-state index contributed by atoms with van der Waals surface area (Å²) >= 11 is 5.86. The van der Waals surface area contributed by atoms with Crippen LogP contribution in [-0.2, 0) is 6.42 Å². The van der Waals surface area contributed by atoms with Crippen molar-refractivity contribution < 1.29 is 20.4 Å². The van der Waals surface area contributed by atoms with Crippen molar-refractivity contribution in [2.75, 3.05) is 6.61 Å². The third-order valence-electron chi connectivity index (χ3n) is 4.78. The predicted molar refractivity (Wildman–Crippen MR) is 94.1 cm³/mol. The van der Waals surface area contributed by atoms with E-state index in [0.29, 0.717) is 6.42 Å². The molecule has 5 nitrogen and oxygen atoms in total. The number of nitrogens with one attached hydrogen (secondary N) is 1. The summed E-state index contributed by atoms with van der Waals surface area (Å²) in [5.41, 5.74) is 1.28. The topological polar surface area (TPSA) is 93.0 Å². The fourth-order valence-electron chi connectivity index (χ4n) is 3.26. The zero-order chi connectivity index (χ0) is 17.5. The molecule has 136 valence electrons. The molecule has 5 atom stereocenters. The number of benzene rings is 1. The van der Waals surface area contributed by atoms with E-state index in [2.05, 4.69) is 5.32 Å². The van der Waals surface area contributed by atoms with Crippen LogP contribution >= 0.6 is 11.6 Å². The van der Waals surface area contributed by atoms with E-state index < -0.39 is 30.4 Å². The molecule has 1 saturated heterocycles. The molecule has 5 N–H and O–H groups in total. The number of halogens is 1. The maximum atomic E-state index is 10.2. The lowest BCUT2D eigenvalue weighted by atomic mass is 9.98. The van der Waals surface area contributed by atoms with Crippen LogP contribution in [0.5, 0.6) is 0 Å². The molecule has 24 heavy (non-hydrogen) atoms. The summed E-state index contributed by atoms with van der Waals surface area (Å²) in [6.45, 7) is -0.258. The van der Waals surface area contributed by atoms with Crippen LogP contribution in [0.2, 0.25) is 5.02 Å². The minimum atomic E-state index is -1.04. The number of hydrogen-bond acceptors (Lipinski definition) is 5. The molecule has 1 aliphatic rings. The van der Waals surface area contributed by atoms with Gasteiger partial charge in [-0.25, -0.2) is 0 Å². The number of unbranched alkanes of at least 4 members (excludes halogenated alkanes) is 3. The van der Waals surface area contributed by atoms with E-state index >= 15 is 0 Å². The SMILES string of the molecule is OC[C@H]1N[C@H]([C@@H](O)CCCCCCc2ccc(Cl)cc2)[C@@H](O)[C@@H]1O. The molecule has 0 spiro atoms. The van der Waals surface area contributed by atoms with Crippen LogP contribution in [0.4, 0.5) is 0 Å². The second-order valence-corrected chi connectivity index (χ2v) is 7.05. The normalized spacial score (nSPS) is 28.2. The Bertz CT molecular complexity index is 484. The summed E-state index contributed by atoms with van der Waals surface area (Å²) in [5, 5.41) is 42.6. The van der Waals surface area contributed by atoms with Gasteiger partial charge in [-0.3, -0.25) is 0 Å².